The van der Waals surface area contributed by atoms with Crippen molar-refractivity contribution in [1.29, 1.82) is 0 Å². The molecule has 0 saturated carbocycles. The van der Waals surface area contributed by atoms with Gasteiger partial charge < -0.3 is 9.53 Å². The lowest BCUT2D eigenvalue weighted by molar-refractivity contribution is -0.137. The van der Waals surface area contributed by atoms with E-state index in [1.807, 2.05) is 6.92 Å². The fourth-order valence-corrected chi connectivity index (χ4v) is 0.118. The van der Waals surface area contributed by atoms with Gasteiger partial charge >= 0.3 is 5.97 Å². The van der Waals surface area contributed by atoms with Crippen LogP contribution in [0.3, 0.4) is 0 Å². The first-order valence-corrected chi connectivity index (χ1v) is 3.17. The van der Waals surface area contributed by atoms with Crippen molar-refractivity contribution >= 4 is 12.3 Å². The fourth-order valence-electron chi connectivity index (χ4n) is 0.118. The summed E-state index contributed by atoms with van der Waals surface area (Å²) < 4.78 is 4.11. The Hall–Kier alpha value is -0.860. The van der Waals surface area contributed by atoms with Gasteiger partial charge in [0.2, 0.25) is 0 Å². The molecule has 0 saturated heterocycles. The summed E-state index contributed by atoms with van der Waals surface area (Å²) in [5.41, 5.74) is 0. The molecular formula is C7H14O3. The quantitative estimate of drug-likeness (QED) is 0.433. The van der Waals surface area contributed by atoms with Crippen molar-refractivity contribution < 1.29 is 14.3 Å². The normalized spacial score (nSPS) is 7.10. The van der Waals surface area contributed by atoms with E-state index in [-0.39, 0.29) is 5.97 Å². The van der Waals surface area contributed by atoms with Gasteiger partial charge in [0, 0.05) is 13.3 Å². The predicted octanol–water partition coefficient (Wildman–Crippen LogP) is 1.16. The van der Waals surface area contributed by atoms with Crippen molar-refractivity contribution in [2.24, 2.45) is 0 Å². The van der Waals surface area contributed by atoms with Gasteiger partial charge in [0.15, 0.2) is 0 Å². The maximum absolute atomic E-state index is 9.59. The summed E-state index contributed by atoms with van der Waals surface area (Å²) in [7, 11) is 1.35. The Bertz CT molecular complexity index is 88.9. The van der Waals surface area contributed by atoms with Crippen LogP contribution >= 0.6 is 0 Å². The van der Waals surface area contributed by atoms with Crippen LogP contribution in [0.15, 0.2) is 0 Å². The molecule has 0 spiro atoms. The van der Waals surface area contributed by atoms with E-state index in [9.17, 15) is 9.59 Å². The largest absolute Gasteiger partial charge is 0.469 e. The van der Waals surface area contributed by atoms with Crippen LogP contribution in [-0.4, -0.2) is 19.4 Å². The molecule has 0 bridgehead atoms. The van der Waals surface area contributed by atoms with Gasteiger partial charge in [-0.3, -0.25) is 4.79 Å². The Balaban J connectivity index is 0. The van der Waals surface area contributed by atoms with E-state index in [0.29, 0.717) is 6.42 Å². The summed E-state index contributed by atoms with van der Waals surface area (Å²) in [6.45, 7) is 3.34. The molecule has 60 valence electrons. The van der Waals surface area contributed by atoms with E-state index in [2.05, 4.69) is 4.74 Å². The third-order valence-electron chi connectivity index (χ3n) is 0.694. The zero-order valence-corrected chi connectivity index (χ0v) is 6.72. The van der Waals surface area contributed by atoms with Gasteiger partial charge in [0.05, 0.1) is 7.11 Å². The number of methoxy groups -OCH3 is 1. The molecule has 0 amide bonds. The highest BCUT2D eigenvalue weighted by Gasteiger charge is 1.75. The molecule has 0 aliphatic heterocycles. The van der Waals surface area contributed by atoms with E-state index in [1.54, 1.807) is 0 Å². The van der Waals surface area contributed by atoms with E-state index < -0.39 is 0 Å². The minimum Gasteiger partial charge on any atom is -0.469 e. The highest BCUT2D eigenvalue weighted by molar-refractivity contribution is 5.65. The lowest BCUT2D eigenvalue weighted by Gasteiger charge is -1.80. The first kappa shape index (κ1) is 11.9. The van der Waals surface area contributed by atoms with Crippen molar-refractivity contribution in [3.05, 3.63) is 0 Å². The van der Waals surface area contributed by atoms with Crippen molar-refractivity contribution in [2.75, 3.05) is 7.11 Å². The zero-order chi connectivity index (χ0) is 8.41. The maximum Gasteiger partial charge on any atom is 0.302 e. The number of esters is 1. The third-order valence-corrected chi connectivity index (χ3v) is 0.694. The zero-order valence-electron chi connectivity index (χ0n) is 6.72. The highest BCUT2D eigenvalue weighted by Crippen LogP contribution is 1.74. The average Bonchev–Trinajstić information content (AvgIpc) is 1.91. The highest BCUT2D eigenvalue weighted by atomic mass is 16.5. The Kier molecular flexibility index (Phi) is 13.1. The molecule has 0 heterocycles. The molecule has 0 fully saturated rings. The molecule has 3 heteroatoms. The van der Waals surface area contributed by atoms with Crippen LogP contribution in [0.25, 0.3) is 0 Å². The minimum absolute atomic E-state index is 0.245. The van der Waals surface area contributed by atoms with Gasteiger partial charge in [0.25, 0.3) is 0 Å². The van der Waals surface area contributed by atoms with E-state index in [1.165, 1.54) is 14.0 Å². The molecule has 0 N–H and O–H groups in total. The maximum atomic E-state index is 9.59. The lowest BCUT2D eigenvalue weighted by Crippen LogP contribution is -1.88. The Morgan fingerprint density at radius 3 is 2.00 bits per heavy atom. The van der Waals surface area contributed by atoms with Crippen LogP contribution in [0.5, 0.6) is 0 Å². The molecule has 0 aliphatic rings. The van der Waals surface area contributed by atoms with Crippen LogP contribution in [-0.2, 0) is 14.3 Å². The second-order valence-electron chi connectivity index (χ2n) is 1.65. The van der Waals surface area contributed by atoms with Crippen molar-refractivity contribution in [3.8, 4) is 0 Å². The molecule has 0 rings (SSSR count). The predicted molar refractivity (Wildman–Crippen MR) is 38.7 cm³/mol. The van der Waals surface area contributed by atoms with E-state index >= 15 is 0 Å². The standard InChI is InChI=1S/C4H8O.C3H6O2/c1-2-3-4-5;1-3(4)5-2/h4H,2-3H2,1H3;1-2H3. The number of aldehydes is 1. The summed E-state index contributed by atoms with van der Waals surface area (Å²) in [6.07, 6.45) is 2.61. The number of hydrogen-bond acceptors (Lipinski definition) is 3. The summed E-state index contributed by atoms with van der Waals surface area (Å²) >= 11 is 0. The molecule has 0 unspecified atom stereocenters. The van der Waals surface area contributed by atoms with Gasteiger partial charge in [0.1, 0.15) is 6.29 Å². The molecule has 0 atom stereocenters. The van der Waals surface area contributed by atoms with Gasteiger partial charge in [-0.15, -0.1) is 0 Å². The van der Waals surface area contributed by atoms with Gasteiger partial charge in [-0.05, 0) is 6.42 Å². The van der Waals surface area contributed by atoms with Gasteiger partial charge in [-0.25, -0.2) is 0 Å². The topological polar surface area (TPSA) is 43.4 Å². The van der Waals surface area contributed by atoms with Crippen LogP contribution in [0, 0.1) is 0 Å². The van der Waals surface area contributed by atoms with Gasteiger partial charge in [-0.2, -0.15) is 0 Å². The molecular weight excluding hydrogens is 132 g/mol. The number of rotatable bonds is 2. The van der Waals surface area contributed by atoms with Crippen LogP contribution in [0.1, 0.15) is 26.7 Å². The fraction of sp³-hybridized carbons (Fsp3) is 0.714. The van der Waals surface area contributed by atoms with Crippen LogP contribution in [0.2, 0.25) is 0 Å². The summed E-state index contributed by atoms with van der Waals surface area (Å²) in [6, 6.07) is 0. The Morgan fingerprint density at radius 1 is 1.60 bits per heavy atom. The molecule has 0 radical (unpaired) electrons. The number of ether oxygens (including phenoxy) is 1. The third kappa shape index (κ3) is 27.3. The Morgan fingerprint density at radius 2 is 2.00 bits per heavy atom. The average molecular weight is 146 g/mol. The second kappa shape index (κ2) is 11.0. The van der Waals surface area contributed by atoms with Crippen LogP contribution in [0.4, 0.5) is 0 Å². The summed E-state index contributed by atoms with van der Waals surface area (Å²) in [5.74, 6) is -0.245. The molecule has 0 aromatic rings. The number of unbranched alkanes of at least 4 members (excludes halogenated alkanes) is 1. The van der Waals surface area contributed by atoms with Crippen molar-refractivity contribution in [3.63, 3.8) is 0 Å². The smallest absolute Gasteiger partial charge is 0.302 e. The Labute approximate surface area is 61.4 Å². The minimum atomic E-state index is -0.245. The summed E-state index contributed by atoms with van der Waals surface area (Å²) in [4.78, 5) is 19.0. The molecule has 0 aromatic carbocycles. The van der Waals surface area contributed by atoms with Crippen LogP contribution < -0.4 is 0 Å². The second-order valence-corrected chi connectivity index (χ2v) is 1.65. The number of carbonyl (C=O) groups is 2. The number of hydrogen-bond donors (Lipinski definition) is 0. The van der Waals surface area contributed by atoms with Gasteiger partial charge in [-0.1, -0.05) is 6.92 Å². The monoisotopic (exact) mass is 146 g/mol. The molecule has 10 heavy (non-hydrogen) atoms. The summed E-state index contributed by atoms with van der Waals surface area (Å²) in [5, 5.41) is 0. The first-order chi connectivity index (χ1) is 4.68. The van der Waals surface area contributed by atoms with E-state index in [0.717, 1.165) is 12.7 Å². The van der Waals surface area contributed by atoms with Crippen molar-refractivity contribution in [1.82, 2.24) is 0 Å². The molecule has 0 aliphatic carbocycles. The number of carbonyl (C=O) groups excluding carboxylic acids is 2. The lowest BCUT2D eigenvalue weighted by atomic mass is 10.4. The molecule has 3 nitrogen and oxygen atoms in total. The van der Waals surface area contributed by atoms with E-state index in [4.69, 9.17) is 0 Å². The molecule has 0 aromatic heterocycles. The SMILES string of the molecule is CCCC=O.COC(C)=O. The first-order valence-electron chi connectivity index (χ1n) is 3.17. The van der Waals surface area contributed by atoms with Crippen molar-refractivity contribution in [2.45, 2.75) is 26.7 Å².